The number of para-hydroxylation sites is 1. The summed E-state index contributed by atoms with van der Waals surface area (Å²) in [6.07, 6.45) is 2.92. The van der Waals surface area contributed by atoms with Crippen molar-refractivity contribution in [1.82, 2.24) is 9.88 Å². The van der Waals surface area contributed by atoms with Crippen LogP contribution in [0.5, 0.6) is 5.75 Å². The Morgan fingerprint density at radius 2 is 1.76 bits per heavy atom. The predicted octanol–water partition coefficient (Wildman–Crippen LogP) is 6.65. The lowest BCUT2D eigenvalue weighted by molar-refractivity contribution is -0.117. The van der Waals surface area contributed by atoms with Gasteiger partial charge >= 0.3 is 6.09 Å². The van der Waals surface area contributed by atoms with Crippen LogP contribution in [0.4, 0.5) is 16.3 Å². The third-order valence-corrected chi connectivity index (χ3v) is 7.78. The van der Waals surface area contributed by atoms with Crippen molar-refractivity contribution in [2.24, 2.45) is 0 Å². The van der Waals surface area contributed by atoms with Gasteiger partial charge in [-0.3, -0.25) is 4.79 Å². The molecule has 9 heteroatoms. The molecule has 2 aliphatic heterocycles. The van der Waals surface area contributed by atoms with Gasteiger partial charge in [0.2, 0.25) is 5.91 Å². The summed E-state index contributed by atoms with van der Waals surface area (Å²) in [6.45, 7) is 10.2. The van der Waals surface area contributed by atoms with E-state index in [1.165, 1.54) is 0 Å². The maximum atomic E-state index is 12.7. The van der Waals surface area contributed by atoms with E-state index in [0.29, 0.717) is 37.6 Å². The summed E-state index contributed by atoms with van der Waals surface area (Å²) in [5.74, 6) is 1.68. The molecule has 216 valence electrons. The third kappa shape index (κ3) is 6.12. The molecule has 0 aliphatic carbocycles. The van der Waals surface area contributed by atoms with Crippen molar-refractivity contribution in [2.75, 3.05) is 43.1 Å². The second kappa shape index (κ2) is 11.6. The SMILES string of the molecule is COc1c(-c2ccnc(N3CCN(C(=O)OC(C)(C)C)[C@H](C)C3)c2)cccc1-c1ccc(N2CCCC2=O)c(Cl)c1. The molecular formula is C32H37ClN4O4. The van der Waals surface area contributed by atoms with Crippen LogP contribution in [0.1, 0.15) is 40.5 Å². The maximum absolute atomic E-state index is 12.7. The molecule has 2 aromatic carbocycles. The van der Waals surface area contributed by atoms with Crippen molar-refractivity contribution in [3.05, 3.63) is 59.8 Å². The first-order valence-corrected chi connectivity index (χ1v) is 14.4. The quantitative estimate of drug-likeness (QED) is 0.338. The fraction of sp³-hybridized carbons (Fsp3) is 0.406. The summed E-state index contributed by atoms with van der Waals surface area (Å²) in [4.78, 5) is 35.3. The lowest BCUT2D eigenvalue weighted by Crippen LogP contribution is -2.55. The fourth-order valence-electron chi connectivity index (χ4n) is 5.52. The lowest BCUT2D eigenvalue weighted by atomic mass is 9.97. The molecule has 3 aromatic rings. The first kappa shape index (κ1) is 28.7. The molecular weight excluding hydrogens is 540 g/mol. The van der Waals surface area contributed by atoms with Crippen LogP contribution in [-0.4, -0.2) is 66.8 Å². The summed E-state index contributed by atoms with van der Waals surface area (Å²) >= 11 is 6.68. The second-order valence-electron chi connectivity index (χ2n) is 11.6. The van der Waals surface area contributed by atoms with E-state index in [1.54, 1.807) is 23.1 Å². The highest BCUT2D eigenvalue weighted by molar-refractivity contribution is 6.34. The summed E-state index contributed by atoms with van der Waals surface area (Å²) in [5, 5.41) is 0.538. The number of carbonyl (C=O) groups excluding carboxylic acids is 2. The van der Waals surface area contributed by atoms with E-state index in [1.807, 2.05) is 70.2 Å². The first-order valence-electron chi connectivity index (χ1n) is 14.0. The summed E-state index contributed by atoms with van der Waals surface area (Å²) in [5.41, 5.74) is 3.94. The zero-order chi connectivity index (χ0) is 29.3. The number of methoxy groups -OCH3 is 1. The zero-order valence-corrected chi connectivity index (χ0v) is 25.1. The van der Waals surface area contributed by atoms with Gasteiger partial charge in [-0.2, -0.15) is 0 Å². The summed E-state index contributed by atoms with van der Waals surface area (Å²) < 4.78 is 11.6. The molecule has 0 unspecified atom stereocenters. The highest BCUT2D eigenvalue weighted by Gasteiger charge is 2.31. The van der Waals surface area contributed by atoms with Gasteiger partial charge in [0.05, 0.1) is 17.8 Å². The lowest BCUT2D eigenvalue weighted by Gasteiger charge is -2.40. The summed E-state index contributed by atoms with van der Waals surface area (Å²) in [6, 6.07) is 15.8. The predicted molar refractivity (Wildman–Crippen MR) is 163 cm³/mol. The molecule has 2 amide bonds. The molecule has 0 saturated carbocycles. The molecule has 1 atom stereocenters. The Labute approximate surface area is 246 Å². The van der Waals surface area contributed by atoms with Gasteiger partial charge in [0.25, 0.3) is 0 Å². The largest absolute Gasteiger partial charge is 0.495 e. The Morgan fingerprint density at radius 3 is 2.37 bits per heavy atom. The number of carbonyl (C=O) groups is 2. The minimum atomic E-state index is -0.530. The molecule has 8 nitrogen and oxygen atoms in total. The number of halogens is 1. The Morgan fingerprint density at radius 1 is 1.02 bits per heavy atom. The Kier molecular flexibility index (Phi) is 8.13. The van der Waals surface area contributed by atoms with Crippen LogP contribution < -0.4 is 14.5 Å². The number of hydrogen-bond donors (Lipinski definition) is 0. The molecule has 1 aromatic heterocycles. The van der Waals surface area contributed by atoms with Gasteiger partial charge in [0.15, 0.2) is 0 Å². The normalized spacial score (nSPS) is 17.7. The van der Waals surface area contributed by atoms with Gasteiger partial charge in [-0.05, 0) is 69.5 Å². The van der Waals surface area contributed by atoms with Gasteiger partial charge in [-0.1, -0.05) is 35.9 Å². The average Bonchev–Trinajstić information content (AvgIpc) is 3.36. The van der Waals surface area contributed by atoms with E-state index in [2.05, 4.69) is 16.0 Å². The number of benzene rings is 2. The molecule has 2 aliphatic rings. The monoisotopic (exact) mass is 576 g/mol. The number of hydrogen-bond acceptors (Lipinski definition) is 6. The molecule has 0 N–H and O–H groups in total. The van der Waals surface area contributed by atoms with Gasteiger partial charge in [-0.15, -0.1) is 0 Å². The number of piperazine rings is 1. The van der Waals surface area contributed by atoms with E-state index in [4.69, 9.17) is 21.1 Å². The Hall–Kier alpha value is -3.78. The van der Waals surface area contributed by atoms with Crippen LogP contribution in [0.15, 0.2) is 54.7 Å². The van der Waals surface area contributed by atoms with Crippen molar-refractivity contribution >= 4 is 35.1 Å². The minimum Gasteiger partial charge on any atom is -0.495 e. The Balaban J connectivity index is 1.39. The van der Waals surface area contributed by atoms with Crippen molar-refractivity contribution in [3.8, 4) is 28.0 Å². The van der Waals surface area contributed by atoms with Crippen molar-refractivity contribution in [1.29, 1.82) is 0 Å². The number of rotatable bonds is 5. The van der Waals surface area contributed by atoms with Crippen LogP contribution in [0.2, 0.25) is 5.02 Å². The Bertz CT molecular complexity index is 1450. The van der Waals surface area contributed by atoms with Gasteiger partial charge < -0.3 is 24.2 Å². The average molecular weight is 577 g/mol. The molecule has 5 rings (SSSR count). The third-order valence-electron chi connectivity index (χ3n) is 7.48. The van der Waals surface area contributed by atoms with Crippen LogP contribution in [-0.2, 0) is 9.53 Å². The standard InChI is InChI=1S/C32H37ClN4O4/c1-21-20-35(16-17-36(21)31(39)41-32(2,3)4)28-19-23(13-14-34-28)25-9-6-8-24(30(25)40-5)22-11-12-27(26(33)18-22)37-15-7-10-29(37)38/h6,8-9,11-14,18-19,21H,7,10,15-17,20H2,1-5H3/t21-/m1/s1. The molecule has 2 fully saturated rings. The van der Waals surface area contributed by atoms with E-state index in [0.717, 1.165) is 45.9 Å². The van der Waals surface area contributed by atoms with E-state index in [9.17, 15) is 9.59 Å². The highest BCUT2D eigenvalue weighted by atomic mass is 35.5. The number of nitrogens with zero attached hydrogens (tertiary/aromatic N) is 4. The van der Waals surface area contributed by atoms with Gasteiger partial charge in [0.1, 0.15) is 17.2 Å². The molecule has 2 saturated heterocycles. The van der Waals surface area contributed by atoms with Crippen LogP contribution in [0, 0.1) is 0 Å². The molecule has 41 heavy (non-hydrogen) atoms. The number of ether oxygens (including phenoxy) is 2. The maximum Gasteiger partial charge on any atom is 0.410 e. The topological polar surface area (TPSA) is 75.2 Å². The van der Waals surface area contributed by atoms with Crippen molar-refractivity contribution in [2.45, 2.75) is 52.2 Å². The molecule has 3 heterocycles. The number of aromatic nitrogens is 1. The van der Waals surface area contributed by atoms with Crippen LogP contribution in [0.25, 0.3) is 22.3 Å². The van der Waals surface area contributed by atoms with E-state index >= 15 is 0 Å². The minimum absolute atomic E-state index is 0.0227. The zero-order valence-electron chi connectivity index (χ0n) is 24.3. The molecule has 0 radical (unpaired) electrons. The van der Waals surface area contributed by atoms with E-state index in [-0.39, 0.29) is 18.0 Å². The van der Waals surface area contributed by atoms with Gasteiger partial charge in [-0.25, -0.2) is 9.78 Å². The highest BCUT2D eigenvalue weighted by Crippen LogP contribution is 2.42. The molecule has 0 bridgehead atoms. The van der Waals surface area contributed by atoms with Crippen molar-refractivity contribution < 1.29 is 19.1 Å². The fourth-order valence-corrected chi connectivity index (χ4v) is 5.81. The van der Waals surface area contributed by atoms with Gasteiger partial charge in [0, 0.05) is 56.0 Å². The summed E-state index contributed by atoms with van der Waals surface area (Å²) in [7, 11) is 1.67. The number of pyridine rings is 1. The number of amides is 2. The van der Waals surface area contributed by atoms with Crippen molar-refractivity contribution in [3.63, 3.8) is 0 Å². The number of anilines is 2. The van der Waals surface area contributed by atoms with Crippen LogP contribution >= 0.6 is 11.6 Å². The van der Waals surface area contributed by atoms with E-state index < -0.39 is 5.60 Å². The second-order valence-corrected chi connectivity index (χ2v) is 12.0. The smallest absolute Gasteiger partial charge is 0.410 e. The molecule has 0 spiro atoms. The first-order chi connectivity index (χ1) is 19.6. The van der Waals surface area contributed by atoms with Crippen LogP contribution in [0.3, 0.4) is 0 Å².